The first-order chi connectivity index (χ1) is 14.8. The van der Waals surface area contributed by atoms with Crippen molar-refractivity contribution < 1.29 is 14.3 Å². The third kappa shape index (κ3) is 2.81. The number of carbonyl (C=O) groups excluding carboxylic acids is 2. The summed E-state index contributed by atoms with van der Waals surface area (Å²) in [6.45, 7) is 9.85. The molecule has 0 spiro atoms. The maximum absolute atomic E-state index is 13.7. The molecule has 0 amide bonds. The van der Waals surface area contributed by atoms with Crippen LogP contribution in [0.2, 0.25) is 0 Å². The summed E-state index contributed by atoms with van der Waals surface area (Å²) in [5.74, 6) is 2.70. The molecule has 3 heteroatoms. The van der Waals surface area contributed by atoms with Gasteiger partial charge in [-0.2, -0.15) is 0 Å². The Hall–Kier alpha value is -1.48. The van der Waals surface area contributed by atoms with Crippen LogP contribution in [0.3, 0.4) is 0 Å². The third-order valence-electron chi connectivity index (χ3n) is 10.5. The van der Waals surface area contributed by atoms with E-state index in [1.54, 1.807) is 6.08 Å². The lowest BCUT2D eigenvalue weighted by atomic mass is 9.48. The summed E-state index contributed by atoms with van der Waals surface area (Å²) in [5.41, 5.74) is 2.37. The molecule has 5 aliphatic carbocycles. The normalized spacial score (nSPS) is 44.0. The fourth-order valence-electron chi connectivity index (χ4n) is 8.22. The molecule has 5 aliphatic rings. The first-order valence-corrected chi connectivity index (χ1v) is 12.5. The molecule has 3 fully saturated rings. The van der Waals surface area contributed by atoms with E-state index in [2.05, 4.69) is 32.9 Å². The van der Waals surface area contributed by atoms with E-state index in [4.69, 9.17) is 4.74 Å². The van der Waals surface area contributed by atoms with Gasteiger partial charge in [-0.1, -0.05) is 56.4 Å². The van der Waals surface area contributed by atoms with E-state index >= 15 is 0 Å². The van der Waals surface area contributed by atoms with Gasteiger partial charge < -0.3 is 4.74 Å². The van der Waals surface area contributed by atoms with E-state index in [0.29, 0.717) is 36.1 Å². The second-order valence-corrected chi connectivity index (χ2v) is 11.4. The van der Waals surface area contributed by atoms with Crippen molar-refractivity contribution in [1.82, 2.24) is 0 Å². The Morgan fingerprint density at radius 3 is 2.61 bits per heavy atom. The summed E-state index contributed by atoms with van der Waals surface area (Å²) in [6.07, 6.45) is 16.4. The zero-order valence-corrected chi connectivity index (χ0v) is 19.7. The maximum atomic E-state index is 13.7. The van der Waals surface area contributed by atoms with Crippen LogP contribution in [0, 0.1) is 39.9 Å². The van der Waals surface area contributed by atoms with Gasteiger partial charge in [-0.05, 0) is 80.8 Å². The minimum absolute atomic E-state index is 0.0125. The number of hydrogen-bond donors (Lipinski definition) is 0. The van der Waals surface area contributed by atoms with Gasteiger partial charge in [0.15, 0.2) is 11.6 Å². The Labute approximate surface area is 187 Å². The Morgan fingerprint density at radius 1 is 1.16 bits per heavy atom. The Kier molecular flexibility index (Phi) is 5.01. The monoisotopic (exact) mass is 422 g/mol. The lowest BCUT2D eigenvalue weighted by Crippen LogP contribution is -2.52. The molecule has 3 nitrogen and oxygen atoms in total. The fraction of sp³-hybridized carbons (Fsp3) is 0.714. The maximum Gasteiger partial charge on any atom is 0.178 e. The summed E-state index contributed by atoms with van der Waals surface area (Å²) in [6, 6.07) is 0. The van der Waals surface area contributed by atoms with E-state index < -0.39 is 0 Å². The van der Waals surface area contributed by atoms with E-state index in [0.717, 1.165) is 19.3 Å². The second-order valence-electron chi connectivity index (χ2n) is 11.4. The number of allylic oxidation sites excluding steroid dienone is 6. The molecule has 5 rings (SSSR count). The average Bonchev–Trinajstić information content (AvgIpc) is 2.94. The van der Waals surface area contributed by atoms with Crippen LogP contribution in [-0.2, 0) is 14.3 Å². The molecule has 0 aromatic carbocycles. The molecule has 3 saturated carbocycles. The Bertz CT molecular complexity index is 890. The highest BCUT2D eigenvalue weighted by molar-refractivity contribution is 6.01. The molecule has 0 aliphatic heterocycles. The smallest absolute Gasteiger partial charge is 0.178 e. The zero-order valence-electron chi connectivity index (χ0n) is 19.7. The fourth-order valence-corrected chi connectivity index (χ4v) is 8.22. The summed E-state index contributed by atoms with van der Waals surface area (Å²) >= 11 is 0. The van der Waals surface area contributed by atoms with E-state index in [9.17, 15) is 9.59 Å². The molecule has 0 aromatic heterocycles. The van der Waals surface area contributed by atoms with E-state index in [-0.39, 0.29) is 28.6 Å². The van der Waals surface area contributed by atoms with Crippen molar-refractivity contribution in [2.45, 2.75) is 72.6 Å². The van der Waals surface area contributed by atoms with Crippen LogP contribution in [0.25, 0.3) is 0 Å². The van der Waals surface area contributed by atoms with Gasteiger partial charge in [0, 0.05) is 17.4 Å². The van der Waals surface area contributed by atoms with E-state index in [1.807, 2.05) is 13.0 Å². The van der Waals surface area contributed by atoms with Gasteiger partial charge in [0.1, 0.15) is 6.61 Å². The Balaban J connectivity index is 1.55. The van der Waals surface area contributed by atoms with Crippen molar-refractivity contribution >= 4 is 11.6 Å². The molecule has 6 atom stereocenters. The van der Waals surface area contributed by atoms with Gasteiger partial charge in [0.05, 0.1) is 0 Å². The van der Waals surface area contributed by atoms with Crippen LogP contribution >= 0.6 is 0 Å². The Morgan fingerprint density at radius 2 is 1.94 bits per heavy atom. The highest BCUT2D eigenvalue weighted by Crippen LogP contribution is 2.71. The summed E-state index contributed by atoms with van der Waals surface area (Å²) in [7, 11) is 0. The van der Waals surface area contributed by atoms with Crippen LogP contribution in [0.5, 0.6) is 0 Å². The minimum atomic E-state index is -0.310. The van der Waals surface area contributed by atoms with Crippen LogP contribution in [0.1, 0.15) is 72.6 Å². The van der Waals surface area contributed by atoms with Crippen LogP contribution in [0.4, 0.5) is 0 Å². The standard InChI is InChI=1S/C28H38O3/c1-5-31-17-25(30)28(4)23(18-7-6-8-18)16-24-21-10-9-19-15-20(29)11-13-26(19,2)22(21)12-14-27(24,28)3/h11-13,15,18,21,23-24H,5-10,14,16-17H2,1-4H3. The molecular weight excluding hydrogens is 384 g/mol. The first kappa shape index (κ1) is 21.4. The minimum Gasteiger partial charge on any atom is -0.374 e. The van der Waals surface area contributed by atoms with Crippen molar-refractivity contribution in [3.05, 3.63) is 35.5 Å². The van der Waals surface area contributed by atoms with Gasteiger partial charge in [-0.3, -0.25) is 9.59 Å². The highest BCUT2D eigenvalue weighted by Gasteiger charge is 2.67. The molecule has 31 heavy (non-hydrogen) atoms. The number of ether oxygens (including phenoxy) is 1. The summed E-state index contributed by atoms with van der Waals surface area (Å²) in [5, 5.41) is 0. The molecule has 0 bridgehead atoms. The van der Waals surface area contributed by atoms with Crippen molar-refractivity contribution in [2.75, 3.05) is 13.2 Å². The number of ketones is 2. The molecule has 0 heterocycles. The van der Waals surface area contributed by atoms with Crippen molar-refractivity contribution in [3.63, 3.8) is 0 Å². The van der Waals surface area contributed by atoms with Crippen molar-refractivity contribution in [1.29, 1.82) is 0 Å². The second kappa shape index (κ2) is 7.27. The van der Waals surface area contributed by atoms with Crippen molar-refractivity contribution in [2.24, 2.45) is 39.9 Å². The summed E-state index contributed by atoms with van der Waals surface area (Å²) in [4.78, 5) is 25.8. The predicted molar refractivity (Wildman–Crippen MR) is 122 cm³/mol. The topological polar surface area (TPSA) is 43.4 Å². The average molecular weight is 423 g/mol. The van der Waals surface area contributed by atoms with Crippen LogP contribution < -0.4 is 0 Å². The number of fused-ring (bicyclic) bond motifs is 5. The van der Waals surface area contributed by atoms with Crippen molar-refractivity contribution in [3.8, 4) is 0 Å². The molecule has 0 N–H and O–H groups in total. The largest absolute Gasteiger partial charge is 0.374 e. The third-order valence-corrected chi connectivity index (χ3v) is 10.5. The van der Waals surface area contributed by atoms with Gasteiger partial charge >= 0.3 is 0 Å². The van der Waals surface area contributed by atoms with E-state index in [1.165, 1.54) is 36.8 Å². The molecule has 0 radical (unpaired) electrons. The highest BCUT2D eigenvalue weighted by atomic mass is 16.5. The SMILES string of the molecule is CCOCC(=O)C1(C)C(C2CCC2)CC2C3CCC4=CC(=O)C=CC4(C)C3=CCC21C. The van der Waals surface area contributed by atoms with Gasteiger partial charge in [-0.25, -0.2) is 0 Å². The number of rotatable bonds is 5. The summed E-state index contributed by atoms with van der Waals surface area (Å²) < 4.78 is 5.67. The quantitative estimate of drug-likeness (QED) is 0.522. The molecule has 6 unspecified atom stereocenters. The zero-order chi connectivity index (χ0) is 22.0. The van der Waals surface area contributed by atoms with Gasteiger partial charge in [0.25, 0.3) is 0 Å². The molecule has 0 saturated heterocycles. The van der Waals surface area contributed by atoms with Crippen LogP contribution in [0.15, 0.2) is 35.5 Å². The molecule has 168 valence electrons. The predicted octanol–water partition coefficient (Wildman–Crippen LogP) is 5.85. The van der Waals surface area contributed by atoms with Crippen LogP contribution in [-0.4, -0.2) is 24.8 Å². The van der Waals surface area contributed by atoms with Gasteiger partial charge in [0.2, 0.25) is 0 Å². The number of hydrogen-bond acceptors (Lipinski definition) is 3. The molecule has 0 aromatic rings. The number of Topliss-reactive ketones (excluding diaryl/α,β-unsaturated/α-hetero) is 1. The molecular formula is C28H38O3. The lowest BCUT2D eigenvalue weighted by molar-refractivity contribution is -0.146. The first-order valence-electron chi connectivity index (χ1n) is 12.5. The lowest BCUT2D eigenvalue weighted by Gasteiger charge is -2.55. The number of carbonyl (C=O) groups is 2. The van der Waals surface area contributed by atoms with Gasteiger partial charge in [-0.15, -0.1) is 0 Å².